The number of fused-ring (bicyclic) bond motifs is 1. The minimum Gasteiger partial charge on any atom is -0.354 e. The largest absolute Gasteiger partial charge is 0.354 e. The molecule has 1 unspecified atom stereocenters. The third-order valence-corrected chi connectivity index (χ3v) is 5.44. The normalized spacial score (nSPS) is 17.1. The average Bonchev–Trinajstić information content (AvgIpc) is 3.17. The van der Waals surface area contributed by atoms with Crippen LogP contribution in [-0.2, 0) is 13.1 Å². The van der Waals surface area contributed by atoms with Crippen LogP contribution >= 0.6 is 0 Å². The van der Waals surface area contributed by atoms with Crippen LogP contribution in [0.2, 0.25) is 0 Å². The molecule has 1 fully saturated rings. The molecule has 28 heavy (non-hydrogen) atoms. The van der Waals surface area contributed by atoms with Gasteiger partial charge in [-0.25, -0.2) is 4.68 Å². The van der Waals surface area contributed by atoms with Gasteiger partial charge in [-0.05, 0) is 30.9 Å². The van der Waals surface area contributed by atoms with Gasteiger partial charge in [0.15, 0.2) is 5.69 Å². The maximum Gasteiger partial charge on any atom is 0.275 e. The van der Waals surface area contributed by atoms with E-state index in [1.165, 1.54) is 10.2 Å². The molecule has 6 heteroatoms. The molecule has 1 aliphatic rings. The van der Waals surface area contributed by atoms with Gasteiger partial charge in [-0.3, -0.25) is 14.5 Å². The predicted molar refractivity (Wildman–Crippen MR) is 109 cm³/mol. The summed E-state index contributed by atoms with van der Waals surface area (Å²) >= 11 is 0. The summed E-state index contributed by atoms with van der Waals surface area (Å²) in [6.45, 7) is 1.32. The fraction of sp³-hybridized carbons (Fsp3) is 0.318. The Bertz CT molecular complexity index is 1050. The molecule has 0 spiro atoms. The lowest BCUT2D eigenvalue weighted by molar-refractivity contribution is 0.0955. The van der Waals surface area contributed by atoms with Gasteiger partial charge in [-0.15, -0.1) is 0 Å². The number of nitrogens with one attached hydrogen (secondary N) is 1. The Morgan fingerprint density at radius 3 is 2.57 bits per heavy atom. The van der Waals surface area contributed by atoms with E-state index in [9.17, 15) is 9.59 Å². The van der Waals surface area contributed by atoms with Crippen molar-refractivity contribution in [2.75, 3.05) is 13.6 Å². The molecule has 4 rings (SSSR count). The number of carbonyl (C=O) groups is 1. The SMILES string of the molecule is CNC(=O)c1nn(CN2CCCC2Cc2ccccc2)c(=O)c2ccccc12. The first-order valence-corrected chi connectivity index (χ1v) is 9.67. The van der Waals surface area contributed by atoms with Crippen LogP contribution in [-0.4, -0.2) is 40.2 Å². The van der Waals surface area contributed by atoms with Gasteiger partial charge in [-0.1, -0.05) is 48.5 Å². The summed E-state index contributed by atoms with van der Waals surface area (Å²) < 4.78 is 1.44. The minimum atomic E-state index is -0.285. The van der Waals surface area contributed by atoms with Crippen molar-refractivity contribution in [3.05, 3.63) is 76.2 Å². The Morgan fingerprint density at radius 2 is 1.82 bits per heavy atom. The molecule has 2 heterocycles. The van der Waals surface area contributed by atoms with Gasteiger partial charge in [0, 0.05) is 25.0 Å². The molecule has 0 saturated carbocycles. The van der Waals surface area contributed by atoms with Crippen LogP contribution in [0.3, 0.4) is 0 Å². The zero-order valence-electron chi connectivity index (χ0n) is 16.0. The van der Waals surface area contributed by atoms with Crippen LogP contribution in [0.4, 0.5) is 0 Å². The number of nitrogens with zero attached hydrogens (tertiary/aromatic N) is 3. The third-order valence-electron chi connectivity index (χ3n) is 5.44. The van der Waals surface area contributed by atoms with Gasteiger partial charge < -0.3 is 5.32 Å². The number of hydrogen-bond donors (Lipinski definition) is 1. The molecular weight excluding hydrogens is 352 g/mol. The van der Waals surface area contributed by atoms with Gasteiger partial charge in [0.05, 0.1) is 12.1 Å². The lowest BCUT2D eigenvalue weighted by atomic mass is 10.0. The molecule has 0 aliphatic carbocycles. The molecule has 1 aromatic heterocycles. The Morgan fingerprint density at radius 1 is 1.11 bits per heavy atom. The number of amides is 1. The van der Waals surface area contributed by atoms with E-state index in [1.807, 2.05) is 18.2 Å². The highest BCUT2D eigenvalue weighted by molar-refractivity contribution is 6.04. The van der Waals surface area contributed by atoms with Gasteiger partial charge >= 0.3 is 0 Å². The number of carbonyl (C=O) groups excluding carboxylic acids is 1. The van der Waals surface area contributed by atoms with Crippen molar-refractivity contribution in [3.63, 3.8) is 0 Å². The van der Waals surface area contributed by atoms with Gasteiger partial charge in [0.1, 0.15) is 0 Å². The van der Waals surface area contributed by atoms with Crippen molar-refractivity contribution < 1.29 is 4.79 Å². The third kappa shape index (κ3) is 3.55. The van der Waals surface area contributed by atoms with E-state index in [2.05, 4.69) is 39.6 Å². The lowest BCUT2D eigenvalue weighted by Gasteiger charge is -2.25. The second-order valence-electron chi connectivity index (χ2n) is 7.22. The van der Waals surface area contributed by atoms with E-state index in [-0.39, 0.29) is 17.2 Å². The summed E-state index contributed by atoms with van der Waals surface area (Å²) in [5, 5.41) is 8.16. The number of rotatable bonds is 5. The zero-order chi connectivity index (χ0) is 19.5. The molecule has 1 atom stereocenters. The van der Waals surface area contributed by atoms with Crippen molar-refractivity contribution in [3.8, 4) is 0 Å². The van der Waals surface area contributed by atoms with Gasteiger partial charge in [0.2, 0.25) is 0 Å². The fourth-order valence-corrected chi connectivity index (χ4v) is 3.99. The van der Waals surface area contributed by atoms with Crippen LogP contribution < -0.4 is 10.9 Å². The van der Waals surface area contributed by atoms with E-state index in [4.69, 9.17) is 0 Å². The summed E-state index contributed by atoms with van der Waals surface area (Å²) in [5.41, 5.74) is 1.43. The van der Waals surface area contributed by atoms with E-state index >= 15 is 0 Å². The summed E-state index contributed by atoms with van der Waals surface area (Å²) in [5.74, 6) is -0.285. The molecule has 0 radical (unpaired) electrons. The Kier molecular flexibility index (Phi) is 5.21. The topological polar surface area (TPSA) is 67.2 Å². The Balaban J connectivity index is 1.66. The maximum atomic E-state index is 13.0. The van der Waals surface area contributed by atoms with E-state index in [0.717, 1.165) is 25.8 Å². The fourth-order valence-electron chi connectivity index (χ4n) is 3.99. The predicted octanol–water partition coefficient (Wildman–Crippen LogP) is 2.42. The summed E-state index contributed by atoms with van der Waals surface area (Å²) in [6.07, 6.45) is 3.15. The van der Waals surface area contributed by atoms with Crippen LogP contribution in [0, 0.1) is 0 Å². The first-order chi connectivity index (χ1) is 13.7. The summed E-state index contributed by atoms with van der Waals surface area (Å²) in [7, 11) is 1.57. The molecule has 1 aliphatic heterocycles. The average molecular weight is 376 g/mol. The van der Waals surface area contributed by atoms with Crippen LogP contribution in [0.25, 0.3) is 10.8 Å². The first-order valence-electron chi connectivity index (χ1n) is 9.67. The van der Waals surface area contributed by atoms with Crippen molar-refractivity contribution in [1.82, 2.24) is 20.0 Å². The highest BCUT2D eigenvalue weighted by atomic mass is 16.2. The highest BCUT2D eigenvalue weighted by Gasteiger charge is 2.26. The van der Waals surface area contributed by atoms with E-state index in [1.54, 1.807) is 19.2 Å². The summed E-state index contributed by atoms with van der Waals surface area (Å²) in [6, 6.07) is 17.9. The molecule has 2 aromatic carbocycles. The van der Waals surface area contributed by atoms with E-state index in [0.29, 0.717) is 23.5 Å². The Labute approximate surface area is 163 Å². The minimum absolute atomic E-state index is 0.159. The van der Waals surface area contributed by atoms with Crippen LogP contribution in [0.1, 0.15) is 28.9 Å². The second kappa shape index (κ2) is 7.94. The van der Waals surface area contributed by atoms with Crippen molar-refractivity contribution in [2.24, 2.45) is 0 Å². The highest BCUT2D eigenvalue weighted by Crippen LogP contribution is 2.22. The summed E-state index contributed by atoms with van der Waals surface area (Å²) in [4.78, 5) is 27.6. The molecule has 144 valence electrons. The first kappa shape index (κ1) is 18.4. The monoisotopic (exact) mass is 376 g/mol. The van der Waals surface area contributed by atoms with Gasteiger partial charge in [0.25, 0.3) is 11.5 Å². The van der Waals surface area contributed by atoms with Crippen molar-refractivity contribution >= 4 is 16.7 Å². The zero-order valence-corrected chi connectivity index (χ0v) is 16.0. The van der Waals surface area contributed by atoms with Gasteiger partial charge in [-0.2, -0.15) is 5.10 Å². The molecule has 1 saturated heterocycles. The maximum absolute atomic E-state index is 13.0. The number of benzene rings is 2. The Hall–Kier alpha value is -2.99. The lowest BCUT2D eigenvalue weighted by Crippen LogP contribution is -2.39. The molecule has 0 bridgehead atoms. The molecule has 6 nitrogen and oxygen atoms in total. The molecule has 1 amide bonds. The van der Waals surface area contributed by atoms with Crippen molar-refractivity contribution in [2.45, 2.75) is 32.0 Å². The van der Waals surface area contributed by atoms with Crippen LogP contribution in [0.5, 0.6) is 0 Å². The molecule has 3 aromatic rings. The molecular formula is C22H24N4O2. The standard InChI is InChI=1S/C22H24N4O2/c1-23-21(27)20-18-11-5-6-12-19(18)22(28)26(24-20)15-25-13-7-10-17(25)14-16-8-3-2-4-9-16/h2-6,8-9,11-12,17H,7,10,13-15H2,1H3,(H,23,27). The quantitative estimate of drug-likeness (QED) is 0.743. The second-order valence-corrected chi connectivity index (χ2v) is 7.22. The van der Waals surface area contributed by atoms with E-state index < -0.39 is 0 Å². The number of hydrogen-bond acceptors (Lipinski definition) is 4. The number of likely N-dealkylation sites (tertiary alicyclic amines) is 1. The smallest absolute Gasteiger partial charge is 0.275 e. The van der Waals surface area contributed by atoms with Crippen LogP contribution in [0.15, 0.2) is 59.4 Å². The number of aromatic nitrogens is 2. The van der Waals surface area contributed by atoms with Crippen molar-refractivity contribution in [1.29, 1.82) is 0 Å². The molecule has 1 N–H and O–H groups in total.